The van der Waals surface area contributed by atoms with Crippen LogP contribution in [0.2, 0.25) is 0 Å². The van der Waals surface area contributed by atoms with Gasteiger partial charge in [-0.05, 0) is 69.8 Å². The standard InChI is InChI=1S/C28H41N3O4/c1-29-13-10-21(5-3-6-22-7-4-12-28(22)34-17-18-35-28)11-14-31-15-16-33-26-20-30-25-9-8-23(32-2)19-24(25)27(26)31/h8-9,19-22,29H,3-7,10-18H2,1-2H3. The summed E-state index contributed by atoms with van der Waals surface area (Å²) >= 11 is 0. The van der Waals surface area contributed by atoms with Gasteiger partial charge in [0.2, 0.25) is 0 Å². The number of hydrogen-bond donors (Lipinski definition) is 1. The number of nitrogens with one attached hydrogen (secondary N) is 1. The first-order valence-electron chi connectivity index (χ1n) is 13.5. The van der Waals surface area contributed by atoms with E-state index in [1.54, 1.807) is 7.11 Å². The molecule has 1 spiro atoms. The van der Waals surface area contributed by atoms with Crippen molar-refractivity contribution in [2.45, 2.75) is 57.2 Å². The van der Waals surface area contributed by atoms with Crippen molar-refractivity contribution in [1.82, 2.24) is 10.3 Å². The van der Waals surface area contributed by atoms with E-state index in [0.29, 0.717) is 18.4 Å². The lowest BCUT2D eigenvalue weighted by Gasteiger charge is -2.33. The topological polar surface area (TPSA) is 65.1 Å². The number of hydrogen-bond acceptors (Lipinski definition) is 7. The highest BCUT2D eigenvalue weighted by atomic mass is 16.7. The predicted octanol–water partition coefficient (Wildman–Crippen LogP) is 4.77. The molecule has 5 rings (SSSR count). The molecule has 2 atom stereocenters. The second kappa shape index (κ2) is 11.3. The number of benzene rings is 1. The van der Waals surface area contributed by atoms with Gasteiger partial charge in [-0.15, -0.1) is 0 Å². The fourth-order valence-electron chi connectivity index (χ4n) is 6.31. The van der Waals surface area contributed by atoms with Crippen molar-refractivity contribution in [3.05, 3.63) is 24.4 Å². The van der Waals surface area contributed by atoms with E-state index in [0.717, 1.165) is 67.4 Å². The molecule has 3 aliphatic rings. The Morgan fingerprint density at radius 2 is 2.09 bits per heavy atom. The number of aromatic nitrogens is 1. The maximum atomic E-state index is 6.08. The highest BCUT2D eigenvalue weighted by molar-refractivity contribution is 5.96. The average molecular weight is 484 g/mol. The Morgan fingerprint density at radius 1 is 1.20 bits per heavy atom. The molecule has 0 bridgehead atoms. The Bertz CT molecular complexity index is 967. The van der Waals surface area contributed by atoms with Crippen LogP contribution in [0.15, 0.2) is 24.4 Å². The molecule has 1 saturated carbocycles. The lowest BCUT2D eigenvalue weighted by molar-refractivity contribution is -0.182. The number of nitrogens with zero attached hydrogens (tertiary/aromatic N) is 2. The van der Waals surface area contributed by atoms with Crippen molar-refractivity contribution in [3.8, 4) is 11.5 Å². The molecule has 35 heavy (non-hydrogen) atoms. The summed E-state index contributed by atoms with van der Waals surface area (Å²) in [7, 11) is 3.77. The molecule has 1 aromatic heterocycles. The molecule has 2 fully saturated rings. The molecule has 1 saturated heterocycles. The van der Waals surface area contributed by atoms with Crippen LogP contribution in [0.4, 0.5) is 5.69 Å². The highest BCUT2D eigenvalue weighted by Gasteiger charge is 2.47. The minimum absolute atomic E-state index is 0.256. The fraction of sp³-hybridized carbons (Fsp3) is 0.679. The van der Waals surface area contributed by atoms with Crippen molar-refractivity contribution >= 4 is 16.6 Å². The summed E-state index contributed by atoms with van der Waals surface area (Å²) in [4.78, 5) is 7.11. The van der Waals surface area contributed by atoms with Gasteiger partial charge in [0.05, 0.1) is 44.3 Å². The highest BCUT2D eigenvalue weighted by Crippen LogP contribution is 2.45. The Labute approximate surface area is 209 Å². The van der Waals surface area contributed by atoms with Crippen LogP contribution >= 0.6 is 0 Å². The van der Waals surface area contributed by atoms with Crippen molar-refractivity contribution in [1.29, 1.82) is 0 Å². The zero-order valence-corrected chi connectivity index (χ0v) is 21.4. The Hall–Kier alpha value is -2.09. The maximum Gasteiger partial charge on any atom is 0.171 e. The molecule has 1 aliphatic carbocycles. The molecule has 1 aromatic carbocycles. The van der Waals surface area contributed by atoms with Gasteiger partial charge < -0.3 is 29.2 Å². The van der Waals surface area contributed by atoms with Crippen molar-refractivity contribution in [2.75, 3.05) is 58.5 Å². The number of anilines is 1. The summed E-state index contributed by atoms with van der Waals surface area (Å²) in [6, 6.07) is 6.09. The third-order valence-electron chi connectivity index (χ3n) is 8.20. The lowest BCUT2D eigenvalue weighted by Crippen LogP contribution is -2.35. The zero-order valence-electron chi connectivity index (χ0n) is 21.4. The van der Waals surface area contributed by atoms with Gasteiger partial charge >= 0.3 is 0 Å². The van der Waals surface area contributed by atoms with E-state index in [2.05, 4.69) is 28.3 Å². The molecular formula is C28H41N3O4. The number of ether oxygens (including phenoxy) is 4. The number of methoxy groups -OCH3 is 1. The maximum absolute atomic E-state index is 6.08. The lowest BCUT2D eigenvalue weighted by atomic mass is 9.89. The monoisotopic (exact) mass is 483 g/mol. The Balaban J connectivity index is 1.23. The van der Waals surface area contributed by atoms with E-state index >= 15 is 0 Å². The van der Waals surface area contributed by atoms with Crippen LogP contribution in [0.25, 0.3) is 10.9 Å². The second-order valence-electron chi connectivity index (χ2n) is 10.3. The number of pyridine rings is 1. The van der Waals surface area contributed by atoms with Crippen molar-refractivity contribution in [2.24, 2.45) is 11.8 Å². The second-order valence-corrected chi connectivity index (χ2v) is 10.3. The Morgan fingerprint density at radius 3 is 2.91 bits per heavy atom. The predicted molar refractivity (Wildman–Crippen MR) is 138 cm³/mol. The van der Waals surface area contributed by atoms with Gasteiger partial charge in [-0.1, -0.05) is 12.8 Å². The van der Waals surface area contributed by atoms with Crippen LogP contribution in [-0.2, 0) is 9.47 Å². The summed E-state index contributed by atoms with van der Waals surface area (Å²) in [6.45, 7) is 5.22. The molecule has 0 radical (unpaired) electrons. The SMILES string of the molecule is CNCCC(CCCC1CCCC12OCCO2)CCN1CCOc2cnc3ccc(OC)cc3c21. The third-order valence-corrected chi connectivity index (χ3v) is 8.20. The van der Waals surface area contributed by atoms with Gasteiger partial charge in [0.15, 0.2) is 11.5 Å². The largest absolute Gasteiger partial charge is 0.497 e. The first kappa shape index (κ1) is 24.6. The quantitative estimate of drug-likeness (QED) is 0.494. The fourth-order valence-corrected chi connectivity index (χ4v) is 6.31. The average Bonchev–Trinajstić information content (AvgIpc) is 3.54. The van der Waals surface area contributed by atoms with Crippen LogP contribution in [0, 0.1) is 11.8 Å². The van der Waals surface area contributed by atoms with E-state index < -0.39 is 0 Å². The summed E-state index contributed by atoms with van der Waals surface area (Å²) < 4.78 is 23.7. The van der Waals surface area contributed by atoms with Crippen LogP contribution in [0.1, 0.15) is 51.4 Å². The summed E-state index contributed by atoms with van der Waals surface area (Å²) in [6.07, 6.45) is 11.5. The van der Waals surface area contributed by atoms with Crippen molar-refractivity contribution in [3.63, 3.8) is 0 Å². The number of fused-ring (bicyclic) bond motifs is 3. The van der Waals surface area contributed by atoms with Gasteiger partial charge in [0, 0.05) is 24.3 Å². The minimum atomic E-state index is -0.256. The van der Waals surface area contributed by atoms with Gasteiger partial charge in [0.1, 0.15) is 12.4 Å². The van der Waals surface area contributed by atoms with Crippen LogP contribution in [-0.4, -0.2) is 64.4 Å². The van der Waals surface area contributed by atoms with E-state index in [1.165, 1.54) is 44.9 Å². The van der Waals surface area contributed by atoms with Gasteiger partial charge in [0.25, 0.3) is 0 Å². The smallest absolute Gasteiger partial charge is 0.171 e. The first-order chi connectivity index (χ1) is 17.2. The van der Waals surface area contributed by atoms with E-state index in [1.807, 2.05) is 18.3 Å². The zero-order chi connectivity index (χ0) is 24.1. The molecule has 2 aromatic rings. The molecule has 192 valence electrons. The number of rotatable bonds is 11. The van der Waals surface area contributed by atoms with Gasteiger partial charge in [-0.25, -0.2) is 0 Å². The summed E-state index contributed by atoms with van der Waals surface area (Å²) in [5, 5.41) is 4.47. The molecule has 2 unspecified atom stereocenters. The van der Waals surface area contributed by atoms with Gasteiger partial charge in [-0.2, -0.15) is 0 Å². The first-order valence-corrected chi connectivity index (χ1v) is 13.5. The Kier molecular flexibility index (Phi) is 7.95. The molecule has 2 aliphatic heterocycles. The normalized spacial score (nSPS) is 21.9. The van der Waals surface area contributed by atoms with E-state index in [-0.39, 0.29) is 5.79 Å². The summed E-state index contributed by atoms with van der Waals surface area (Å²) in [5.41, 5.74) is 2.14. The van der Waals surface area contributed by atoms with Crippen LogP contribution < -0.4 is 19.7 Å². The minimum Gasteiger partial charge on any atom is -0.497 e. The van der Waals surface area contributed by atoms with Gasteiger partial charge in [-0.3, -0.25) is 4.98 Å². The molecule has 0 amide bonds. The molecular weight excluding hydrogens is 442 g/mol. The van der Waals surface area contributed by atoms with E-state index in [4.69, 9.17) is 18.9 Å². The van der Waals surface area contributed by atoms with Crippen molar-refractivity contribution < 1.29 is 18.9 Å². The molecule has 3 heterocycles. The summed E-state index contributed by atoms with van der Waals surface area (Å²) in [5.74, 6) is 2.74. The molecule has 1 N–H and O–H groups in total. The van der Waals surface area contributed by atoms with Crippen LogP contribution in [0.3, 0.4) is 0 Å². The molecule has 7 heteroatoms. The third kappa shape index (κ3) is 5.37. The molecule has 7 nitrogen and oxygen atoms in total. The van der Waals surface area contributed by atoms with E-state index in [9.17, 15) is 0 Å². The van der Waals surface area contributed by atoms with Crippen LogP contribution in [0.5, 0.6) is 11.5 Å².